The van der Waals surface area contributed by atoms with E-state index in [0.29, 0.717) is 56.0 Å². The Morgan fingerprint density at radius 1 is 0.972 bits per heavy atom. The first-order valence-electron chi connectivity index (χ1n) is 12.5. The molecule has 2 fully saturated rings. The summed E-state index contributed by atoms with van der Waals surface area (Å²) in [6.07, 6.45) is 1.94. The summed E-state index contributed by atoms with van der Waals surface area (Å²) >= 11 is 6.00. The number of rotatable bonds is 4. The first-order chi connectivity index (χ1) is 17.2. The Hall–Kier alpha value is -2.93. The predicted molar refractivity (Wildman–Crippen MR) is 137 cm³/mol. The van der Waals surface area contributed by atoms with Crippen molar-refractivity contribution in [1.29, 1.82) is 0 Å². The fourth-order valence-electron chi connectivity index (χ4n) is 5.61. The molecule has 2 aliphatic heterocycles. The van der Waals surface area contributed by atoms with Crippen molar-refractivity contribution in [1.82, 2.24) is 14.7 Å². The highest BCUT2D eigenvalue weighted by atomic mass is 35.5. The number of halogens is 2. The van der Waals surface area contributed by atoms with Crippen LogP contribution in [0.25, 0.3) is 0 Å². The van der Waals surface area contributed by atoms with E-state index in [0.717, 1.165) is 11.1 Å². The summed E-state index contributed by atoms with van der Waals surface area (Å²) < 4.78 is 13.9. The molecule has 2 saturated heterocycles. The van der Waals surface area contributed by atoms with E-state index in [9.17, 15) is 18.8 Å². The van der Waals surface area contributed by atoms with Crippen LogP contribution in [0.4, 0.5) is 4.39 Å². The molecule has 2 aromatic carbocycles. The molecule has 192 valence electrons. The molecule has 2 atom stereocenters. The second-order valence-electron chi connectivity index (χ2n) is 9.95. The lowest BCUT2D eigenvalue weighted by molar-refractivity contribution is -0.141. The third-order valence-corrected chi connectivity index (χ3v) is 7.97. The van der Waals surface area contributed by atoms with Gasteiger partial charge in [-0.3, -0.25) is 14.4 Å². The number of hydrogen-bond acceptors (Lipinski definition) is 3. The highest BCUT2D eigenvalue weighted by molar-refractivity contribution is 6.30. The van der Waals surface area contributed by atoms with Gasteiger partial charge in [0, 0.05) is 68.6 Å². The normalized spacial score (nSPS) is 20.8. The molecule has 0 spiro atoms. The molecule has 0 aliphatic carbocycles. The average Bonchev–Trinajstić information content (AvgIpc) is 2.87. The highest BCUT2D eigenvalue weighted by Crippen LogP contribution is 2.35. The molecule has 2 aliphatic rings. The Labute approximate surface area is 217 Å². The molecule has 8 heteroatoms. The van der Waals surface area contributed by atoms with Crippen LogP contribution in [0.2, 0.25) is 5.02 Å². The molecule has 0 saturated carbocycles. The zero-order valence-electron chi connectivity index (χ0n) is 21.0. The van der Waals surface area contributed by atoms with E-state index in [1.807, 2.05) is 11.8 Å². The fourth-order valence-corrected chi connectivity index (χ4v) is 5.74. The van der Waals surface area contributed by atoms with Gasteiger partial charge < -0.3 is 14.7 Å². The van der Waals surface area contributed by atoms with Gasteiger partial charge in [0.2, 0.25) is 11.8 Å². The number of likely N-dealkylation sites (tertiary alicyclic amines) is 2. The van der Waals surface area contributed by atoms with Crippen molar-refractivity contribution < 1.29 is 18.8 Å². The molecule has 0 N–H and O–H groups in total. The summed E-state index contributed by atoms with van der Waals surface area (Å²) in [5.41, 5.74) is 2.30. The standard InChI is InChI=1S/C28H33ClFN3O3/c1-18-16-23(30)8-9-24(18)25-17-33(28(36)21-10-13-32(14-11-21)19(2)34)15-12-26(25)31(3)27(35)20-4-6-22(29)7-5-20/h4-9,16,21,25-26H,10-15,17H2,1-3H3/t25-,26+/m0/s1. The van der Waals surface area contributed by atoms with E-state index < -0.39 is 0 Å². The van der Waals surface area contributed by atoms with Crippen molar-refractivity contribution in [3.63, 3.8) is 0 Å². The van der Waals surface area contributed by atoms with E-state index >= 15 is 0 Å². The van der Waals surface area contributed by atoms with E-state index in [1.165, 1.54) is 12.1 Å². The van der Waals surface area contributed by atoms with Crippen molar-refractivity contribution in [2.24, 2.45) is 5.92 Å². The van der Waals surface area contributed by atoms with Gasteiger partial charge >= 0.3 is 0 Å². The lowest BCUT2D eigenvalue weighted by atomic mass is 9.82. The molecule has 3 amide bonds. The minimum absolute atomic E-state index is 0.0435. The maximum absolute atomic E-state index is 13.9. The fraction of sp³-hybridized carbons (Fsp3) is 0.464. The second kappa shape index (κ2) is 11.0. The molecule has 0 bridgehead atoms. The molecule has 0 radical (unpaired) electrons. The monoisotopic (exact) mass is 513 g/mol. The first kappa shape index (κ1) is 26.1. The van der Waals surface area contributed by atoms with E-state index in [-0.39, 0.29) is 41.4 Å². The highest BCUT2D eigenvalue weighted by Gasteiger charge is 2.39. The van der Waals surface area contributed by atoms with Crippen LogP contribution < -0.4 is 0 Å². The topological polar surface area (TPSA) is 60.9 Å². The lowest BCUT2D eigenvalue weighted by Crippen LogP contribution is -2.53. The predicted octanol–water partition coefficient (Wildman–Crippen LogP) is 4.50. The Morgan fingerprint density at radius 3 is 2.22 bits per heavy atom. The van der Waals surface area contributed by atoms with Crippen LogP contribution in [0.3, 0.4) is 0 Å². The Kier molecular flexibility index (Phi) is 7.98. The molecule has 0 aromatic heterocycles. The Bertz CT molecular complexity index is 1130. The summed E-state index contributed by atoms with van der Waals surface area (Å²) in [6, 6.07) is 11.4. The third-order valence-electron chi connectivity index (χ3n) is 7.72. The zero-order chi connectivity index (χ0) is 26.0. The number of benzene rings is 2. The summed E-state index contributed by atoms with van der Waals surface area (Å²) in [5.74, 6) is -0.533. The van der Waals surface area contributed by atoms with Crippen LogP contribution in [-0.2, 0) is 9.59 Å². The maximum atomic E-state index is 13.9. The number of piperidine rings is 2. The number of aryl methyl sites for hydroxylation is 1. The number of carbonyl (C=O) groups is 3. The van der Waals surface area contributed by atoms with Gasteiger partial charge in [0.25, 0.3) is 5.91 Å². The van der Waals surface area contributed by atoms with E-state index in [2.05, 4.69) is 0 Å². The summed E-state index contributed by atoms with van der Waals surface area (Å²) in [5, 5.41) is 0.565. The molecular weight excluding hydrogens is 481 g/mol. The van der Waals surface area contributed by atoms with Gasteiger partial charge in [-0.15, -0.1) is 0 Å². The van der Waals surface area contributed by atoms with Crippen LogP contribution in [0.1, 0.15) is 53.6 Å². The van der Waals surface area contributed by atoms with Crippen molar-refractivity contribution >= 4 is 29.3 Å². The third kappa shape index (κ3) is 5.56. The van der Waals surface area contributed by atoms with Crippen LogP contribution in [-0.4, -0.2) is 71.7 Å². The zero-order valence-corrected chi connectivity index (χ0v) is 21.8. The molecule has 0 unspecified atom stereocenters. The molecule has 4 rings (SSSR count). The van der Waals surface area contributed by atoms with Crippen molar-refractivity contribution in [3.8, 4) is 0 Å². The van der Waals surface area contributed by atoms with Crippen LogP contribution in [0.15, 0.2) is 42.5 Å². The Morgan fingerprint density at radius 2 is 1.61 bits per heavy atom. The van der Waals surface area contributed by atoms with Gasteiger partial charge in [0.15, 0.2) is 0 Å². The Balaban J connectivity index is 1.56. The van der Waals surface area contributed by atoms with Gasteiger partial charge in [-0.05, 0) is 73.7 Å². The first-order valence-corrected chi connectivity index (χ1v) is 12.9. The van der Waals surface area contributed by atoms with E-state index in [4.69, 9.17) is 11.6 Å². The van der Waals surface area contributed by atoms with Gasteiger partial charge in [-0.25, -0.2) is 4.39 Å². The van der Waals surface area contributed by atoms with Crippen LogP contribution in [0, 0.1) is 18.7 Å². The second-order valence-corrected chi connectivity index (χ2v) is 10.4. The van der Waals surface area contributed by atoms with Gasteiger partial charge in [0.1, 0.15) is 5.82 Å². The largest absolute Gasteiger partial charge is 0.343 e. The number of nitrogens with zero attached hydrogens (tertiary/aromatic N) is 3. The number of hydrogen-bond donors (Lipinski definition) is 0. The maximum Gasteiger partial charge on any atom is 0.253 e. The molecule has 36 heavy (non-hydrogen) atoms. The van der Waals surface area contributed by atoms with Crippen LogP contribution in [0.5, 0.6) is 0 Å². The van der Waals surface area contributed by atoms with Crippen LogP contribution >= 0.6 is 11.6 Å². The lowest BCUT2D eigenvalue weighted by Gasteiger charge is -2.44. The number of likely N-dealkylation sites (N-methyl/N-ethyl adjacent to an activating group) is 1. The SMILES string of the molecule is CC(=O)N1CCC(C(=O)N2CC[C@@H](N(C)C(=O)c3ccc(Cl)cc3)[C@H](c3ccc(F)cc3C)C2)CC1. The number of carbonyl (C=O) groups excluding carboxylic acids is 3. The molecule has 2 aromatic rings. The summed E-state index contributed by atoms with van der Waals surface area (Å²) in [6.45, 7) is 5.63. The van der Waals surface area contributed by atoms with Crippen molar-refractivity contribution in [3.05, 3.63) is 70.0 Å². The summed E-state index contributed by atoms with van der Waals surface area (Å²) in [7, 11) is 1.79. The smallest absolute Gasteiger partial charge is 0.253 e. The molecule has 6 nitrogen and oxygen atoms in total. The van der Waals surface area contributed by atoms with Crippen molar-refractivity contribution in [2.45, 2.75) is 45.1 Å². The molecule has 2 heterocycles. The minimum Gasteiger partial charge on any atom is -0.343 e. The molecular formula is C28H33ClFN3O3. The van der Waals surface area contributed by atoms with Gasteiger partial charge in [-0.1, -0.05) is 17.7 Å². The summed E-state index contributed by atoms with van der Waals surface area (Å²) in [4.78, 5) is 43.9. The van der Waals surface area contributed by atoms with Crippen molar-refractivity contribution in [2.75, 3.05) is 33.2 Å². The number of amides is 3. The van der Waals surface area contributed by atoms with E-state index in [1.54, 1.807) is 54.1 Å². The average molecular weight is 514 g/mol. The quantitative estimate of drug-likeness (QED) is 0.604. The van der Waals surface area contributed by atoms with Gasteiger partial charge in [-0.2, -0.15) is 0 Å². The minimum atomic E-state index is -0.306. The van der Waals surface area contributed by atoms with Gasteiger partial charge in [0.05, 0.1) is 0 Å².